The number of benzene rings is 4. The van der Waals surface area contributed by atoms with E-state index in [0.717, 1.165) is 27.8 Å². The maximum absolute atomic E-state index is 11.2. The third-order valence-electron chi connectivity index (χ3n) is 5.42. The van der Waals surface area contributed by atoms with Crippen molar-refractivity contribution in [2.24, 2.45) is 0 Å². The summed E-state index contributed by atoms with van der Waals surface area (Å²) in [5.41, 5.74) is 3.27. The lowest BCUT2D eigenvalue weighted by molar-refractivity contribution is 0.193. The molecule has 1 amide bonds. The van der Waals surface area contributed by atoms with Gasteiger partial charge in [0.05, 0.1) is 0 Å². The number of carbonyl (C=O) groups is 1. The molecule has 4 aromatic rings. The summed E-state index contributed by atoms with van der Waals surface area (Å²) in [7, 11) is 0. The molecule has 0 aromatic heterocycles. The van der Waals surface area contributed by atoms with Gasteiger partial charge in [-0.2, -0.15) is 0 Å². The highest BCUT2D eigenvalue weighted by atomic mass is 16.5. The minimum Gasteiger partial charge on any atom is -0.489 e. The van der Waals surface area contributed by atoms with Crippen molar-refractivity contribution in [2.45, 2.75) is 18.9 Å². The van der Waals surface area contributed by atoms with Crippen molar-refractivity contribution >= 4 is 16.9 Å². The van der Waals surface area contributed by atoms with E-state index in [1.165, 1.54) is 5.39 Å². The lowest BCUT2D eigenvalue weighted by Gasteiger charge is -2.20. The summed E-state index contributed by atoms with van der Waals surface area (Å²) in [4.78, 5) is 11.2. The van der Waals surface area contributed by atoms with Crippen molar-refractivity contribution in [3.05, 3.63) is 114 Å². The second-order valence-electron chi connectivity index (χ2n) is 7.58. The SMILES string of the molecule is O=C(O)NCC(Cc1ccccc1OCc1ccccc1)c1ccc2ccccc2c1. The summed E-state index contributed by atoms with van der Waals surface area (Å²) in [5.74, 6) is 0.814. The minimum atomic E-state index is -1.01. The standard InChI is InChI=1S/C27H25NO3/c29-27(30)28-18-25(23-15-14-21-10-4-5-11-22(21)16-23)17-24-12-6-7-13-26(24)31-19-20-8-2-1-3-9-20/h1-16,25,28H,17-19H2,(H,29,30). The van der Waals surface area contributed by atoms with Crippen LogP contribution in [-0.4, -0.2) is 17.7 Å². The Morgan fingerprint density at radius 2 is 1.55 bits per heavy atom. The molecule has 0 aliphatic rings. The predicted molar refractivity (Wildman–Crippen MR) is 124 cm³/mol. The van der Waals surface area contributed by atoms with Gasteiger partial charge >= 0.3 is 6.09 Å². The Bertz CT molecular complexity index is 1160. The van der Waals surface area contributed by atoms with Gasteiger partial charge in [-0.25, -0.2) is 4.79 Å². The largest absolute Gasteiger partial charge is 0.489 e. The quantitative estimate of drug-likeness (QED) is 0.373. The first kappa shape index (κ1) is 20.5. The third-order valence-corrected chi connectivity index (χ3v) is 5.42. The van der Waals surface area contributed by atoms with Crippen molar-refractivity contribution in [2.75, 3.05) is 6.54 Å². The van der Waals surface area contributed by atoms with Crippen LogP contribution in [0.4, 0.5) is 4.79 Å². The van der Waals surface area contributed by atoms with Crippen molar-refractivity contribution in [1.82, 2.24) is 5.32 Å². The zero-order valence-corrected chi connectivity index (χ0v) is 17.2. The van der Waals surface area contributed by atoms with E-state index < -0.39 is 6.09 Å². The summed E-state index contributed by atoms with van der Waals surface area (Å²) >= 11 is 0. The van der Waals surface area contributed by atoms with Gasteiger partial charge in [0, 0.05) is 12.5 Å². The van der Waals surface area contributed by atoms with Gasteiger partial charge in [0.1, 0.15) is 12.4 Å². The van der Waals surface area contributed by atoms with E-state index in [1.807, 2.05) is 60.7 Å². The molecule has 0 spiro atoms. The van der Waals surface area contributed by atoms with Gasteiger partial charge in [-0.3, -0.25) is 0 Å². The Morgan fingerprint density at radius 3 is 2.35 bits per heavy atom. The molecule has 0 fully saturated rings. The number of nitrogens with one attached hydrogen (secondary N) is 1. The molecular formula is C27H25NO3. The summed E-state index contributed by atoms with van der Waals surface area (Å²) in [6, 6.07) is 32.6. The van der Waals surface area contributed by atoms with E-state index >= 15 is 0 Å². The molecule has 0 aliphatic carbocycles. The molecule has 4 heteroatoms. The van der Waals surface area contributed by atoms with Crippen LogP contribution in [0.1, 0.15) is 22.6 Å². The van der Waals surface area contributed by atoms with Gasteiger partial charge in [-0.1, -0.05) is 91.0 Å². The van der Waals surface area contributed by atoms with Crippen LogP contribution in [0.2, 0.25) is 0 Å². The molecule has 31 heavy (non-hydrogen) atoms. The van der Waals surface area contributed by atoms with Crippen LogP contribution in [0.15, 0.2) is 97.1 Å². The van der Waals surface area contributed by atoms with E-state index in [-0.39, 0.29) is 5.92 Å². The van der Waals surface area contributed by atoms with Crippen molar-refractivity contribution in [3.63, 3.8) is 0 Å². The summed E-state index contributed by atoms with van der Waals surface area (Å²) < 4.78 is 6.12. The third kappa shape index (κ3) is 5.43. The number of hydrogen-bond donors (Lipinski definition) is 2. The van der Waals surface area contributed by atoms with Crippen LogP contribution >= 0.6 is 0 Å². The average Bonchev–Trinajstić information content (AvgIpc) is 2.81. The zero-order chi connectivity index (χ0) is 21.5. The second kappa shape index (κ2) is 9.81. The topological polar surface area (TPSA) is 58.6 Å². The molecule has 0 radical (unpaired) electrons. The Morgan fingerprint density at radius 1 is 0.839 bits per heavy atom. The molecule has 156 valence electrons. The second-order valence-corrected chi connectivity index (χ2v) is 7.58. The minimum absolute atomic E-state index is 0.0119. The molecule has 0 saturated heterocycles. The fourth-order valence-electron chi connectivity index (χ4n) is 3.79. The fourth-order valence-corrected chi connectivity index (χ4v) is 3.79. The number of rotatable bonds is 8. The van der Waals surface area contributed by atoms with Crippen LogP contribution in [0.3, 0.4) is 0 Å². The first-order valence-corrected chi connectivity index (χ1v) is 10.4. The Kier molecular flexibility index (Phi) is 6.48. The summed E-state index contributed by atoms with van der Waals surface area (Å²) in [6.45, 7) is 0.826. The highest BCUT2D eigenvalue weighted by molar-refractivity contribution is 5.83. The van der Waals surface area contributed by atoms with E-state index in [9.17, 15) is 9.90 Å². The number of carboxylic acid groups (broad SMARTS) is 1. The molecule has 0 bridgehead atoms. The molecule has 4 nitrogen and oxygen atoms in total. The lowest BCUT2D eigenvalue weighted by Crippen LogP contribution is -2.27. The predicted octanol–water partition coefficient (Wildman–Crippen LogP) is 6.01. The van der Waals surface area contributed by atoms with Crippen LogP contribution in [0, 0.1) is 0 Å². The van der Waals surface area contributed by atoms with Crippen molar-refractivity contribution < 1.29 is 14.6 Å². The van der Waals surface area contributed by atoms with Gasteiger partial charge < -0.3 is 15.2 Å². The number of para-hydroxylation sites is 1. The highest BCUT2D eigenvalue weighted by Crippen LogP contribution is 2.29. The maximum Gasteiger partial charge on any atom is 0.404 e. The molecular weight excluding hydrogens is 386 g/mol. The maximum atomic E-state index is 11.2. The molecule has 4 rings (SSSR count). The van der Waals surface area contributed by atoms with Gasteiger partial charge in [-0.15, -0.1) is 0 Å². The van der Waals surface area contributed by atoms with Crippen LogP contribution in [0.5, 0.6) is 5.75 Å². The first-order chi connectivity index (χ1) is 15.2. The molecule has 0 aliphatic heterocycles. The summed E-state index contributed by atoms with van der Waals surface area (Å²) in [6.07, 6.45) is -0.344. The van der Waals surface area contributed by atoms with Gasteiger partial charge in [0.2, 0.25) is 0 Å². The monoisotopic (exact) mass is 411 g/mol. The van der Waals surface area contributed by atoms with Crippen LogP contribution in [-0.2, 0) is 13.0 Å². The number of fused-ring (bicyclic) bond motifs is 1. The zero-order valence-electron chi connectivity index (χ0n) is 17.2. The molecule has 0 saturated carbocycles. The van der Waals surface area contributed by atoms with E-state index in [0.29, 0.717) is 19.6 Å². The highest BCUT2D eigenvalue weighted by Gasteiger charge is 2.17. The normalized spacial score (nSPS) is 11.7. The van der Waals surface area contributed by atoms with Crippen molar-refractivity contribution in [3.8, 4) is 5.75 Å². The molecule has 2 N–H and O–H groups in total. The Balaban J connectivity index is 1.58. The Hall–Kier alpha value is -3.79. The van der Waals surface area contributed by atoms with Gasteiger partial charge in [0.25, 0.3) is 0 Å². The fraction of sp³-hybridized carbons (Fsp3) is 0.148. The van der Waals surface area contributed by atoms with Crippen molar-refractivity contribution in [1.29, 1.82) is 0 Å². The van der Waals surface area contributed by atoms with E-state index in [1.54, 1.807) is 0 Å². The first-order valence-electron chi connectivity index (χ1n) is 10.4. The molecule has 1 unspecified atom stereocenters. The molecule has 0 heterocycles. The van der Waals surface area contributed by atoms with E-state index in [2.05, 4.69) is 41.7 Å². The van der Waals surface area contributed by atoms with Crippen LogP contribution < -0.4 is 10.1 Å². The number of amides is 1. The molecule has 4 aromatic carbocycles. The number of ether oxygens (including phenoxy) is 1. The molecule has 1 atom stereocenters. The Labute approximate surface area is 182 Å². The number of hydrogen-bond acceptors (Lipinski definition) is 2. The summed E-state index contributed by atoms with van der Waals surface area (Å²) in [5, 5.41) is 14.1. The van der Waals surface area contributed by atoms with Gasteiger partial charge in [0.15, 0.2) is 0 Å². The smallest absolute Gasteiger partial charge is 0.404 e. The average molecular weight is 412 g/mol. The van der Waals surface area contributed by atoms with Crippen LogP contribution in [0.25, 0.3) is 10.8 Å². The van der Waals surface area contributed by atoms with E-state index in [4.69, 9.17) is 4.74 Å². The lowest BCUT2D eigenvalue weighted by atomic mass is 9.90. The van der Waals surface area contributed by atoms with Gasteiger partial charge in [-0.05, 0) is 39.9 Å².